The summed E-state index contributed by atoms with van der Waals surface area (Å²) < 4.78 is 3.31. The summed E-state index contributed by atoms with van der Waals surface area (Å²) in [6.45, 7) is 7.29. The van der Waals surface area contributed by atoms with Gasteiger partial charge in [0.2, 0.25) is 0 Å². The van der Waals surface area contributed by atoms with Crippen molar-refractivity contribution >= 4 is 45.0 Å². The SMILES string of the molecule is CCC(O)(CC(=O)[O-])C(=O)[O-].CCC(O)(CC(=O)[O-])C(=O)[O-].CCCCCCC[CH2][Sn+4][CH2]CCCCCCC. The van der Waals surface area contributed by atoms with E-state index in [2.05, 4.69) is 13.8 Å². The number of carboxylic acids is 4. The van der Waals surface area contributed by atoms with Gasteiger partial charge < -0.3 is 49.8 Å². The number of carbonyl (C=O) groups excluding carboxylic acids is 4. The van der Waals surface area contributed by atoms with Crippen LogP contribution in [0.25, 0.3) is 0 Å². The quantitative estimate of drug-likeness (QED) is 0.120. The maximum absolute atomic E-state index is 10.1. The van der Waals surface area contributed by atoms with Crippen LogP contribution >= 0.6 is 0 Å². The van der Waals surface area contributed by atoms with Gasteiger partial charge in [0.15, 0.2) is 0 Å². The van der Waals surface area contributed by atoms with Crippen LogP contribution in [0.4, 0.5) is 0 Å². The molecule has 0 aromatic heterocycles. The standard InChI is InChI=1S/2C8H17.2C6H10O5.Sn/c2*1-3-5-7-8-6-4-2;2*1-2-6(11,5(9)10)3-4(7)8;/h2*1,3-8H2,2H3;2*11H,2-3H2,1H3,(H,7,8)(H,9,10);/q;;;;+4/p-4. The molecule has 2 unspecified atom stereocenters. The number of carbonyl (C=O) groups is 4. The van der Waals surface area contributed by atoms with Crippen molar-refractivity contribution in [2.75, 3.05) is 0 Å². The average Bonchev–Trinajstić information content (AvgIpc) is 2.86. The molecule has 226 valence electrons. The summed E-state index contributed by atoms with van der Waals surface area (Å²) in [5.41, 5.74) is -4.59. The average molecular weight is 665 g/mol. The molecule has 0 rings (SSSR count). The molecule has 10 nitrogen and oxygen atoms in total. The zero-order chi connectivity index (χ0) is 30.7. The Morgan fingerprint density at radius 2 is 0.821 bits per heavy atom. The molecule has 2 N–H and O–H groups in total. The Morgan fingerprint density at radius 1 is 0.538 bits per heavy atom. The molecule has 0 heterocycles. The Hall–Kier alpha value is -1.40. The number of aliphatic carboxylic acids is 4. The fraction of sp³-hybridized carbons (Fsp3) is 0.857. The third-order valence-electron chi connectivity index (χ3n) is 6.22. The molecular weight excluding hydrogens is 615 g/mol. The number of aliphatic hydroxyl groups is 2. The van der Waals surface area contributed by atoms with E-state index in [4.69, 9.17) is 10.2 Å². The summed E-state index contributed by atoms with van der Waals surface area (Å²) in [5.74, 6) is -6.80. The van der Waals surface area contributed by atoms with Gasteiger partial charge in [0.1, 0.15) is 11.2 Å². The van der Waals surface area contributed by atoms with Gasteiger partial charge in [-0.15, -0.1) is 0 Å². The van der Waals surface area contributed by atoms with Crippen molar-refractivity contribution in [2.45, 2.75) is 151 Å². The van der Waals surface area contributed by atoms with Gasteiger partial charge in [-0.05, 0) is 12.8 Å². The predicted octanol–water partition coefficient (Wildman–Crippen LogP) is 0.283. The van der Waals surface area contributed by atoms with E-state index < -0.39 is 47.9 Å². The molecule has 0 aliphatic heterocycles. The number of rotatable bonds is 22. The summed E-state index contributed by atoms with van der Waals surface area (Å²) in [6.07, 6.45) is 15.5. The Morgan fingerprint density at radius 3 is 1.03 bits per heavy atom. The summed E-state index contributed by atoms with van der Waals surface area (Å²) in [4.78, 5) is 40.1. The summed E-state index contributed by atoms with van der Waals surface area (Å²) in [6, 6.07) is 0. The van der Waals surface area contributed by atoms with Gasteiger partial charge in [0.25, 0.3) is 0 Å². The molecule has 0 aliphatic rings. The van der Waals surface area contributed by atoms with Crippen LogP contribution in [-0.2, 0) is 19.2 Å². The van der Waals surface area contributed by atoms with Crippen LogP contribution in [0.1, 0.15) is 130 Å². The van der Waals surface area contributed by atoms with E-state index in [9.17, 15) is 39.6 Å². The van der Waals surface area contributed by atoms with E-state index in [0.717, 1.165) is 0 Å². The first-order chi connectivity index (χ1) is 18.3. The van der Waals surface area contributed by atoms with Gasteiger partial charge in [0, 0.05) is 24.8 Å². The van der Waals surface area contributed by atoms with Gasteiger partial charge in [-0.2, -0.15) is 0 Å². The van der Waals surface area contributed by atoms with Crippen LogP contribution in [0, 0.1) is 0 Å². The Labute approximate surface area is 244 Å². The molecule has 0 aromatic carbocycles. The number of hydrogen-bond donors (Lipinski definition) is 2. The molecule has 11 heteroatoms. The third-order valence-corrected chi connectivity index (χ3v) is 10.3. The molecule has 2 atom stereocenters. The van der Waals surface area contributed by atoms with E-state index in [1.165, 1.54) is 78.1 Å². The zero-order valence-corrected chi connectivity index (χ0v) is 27.2. The molecule has 0 saturated heterocycles. The summed E-state index contributed by atoms with van der Waals surface area (Å²) >= 11 is 0.0736. The molecule has 0 aliphatic carbocycles. The maximum atomic E-state index is 10.1. The molecule has 0 fully saturated rings. The molecule has 0 bridgehead atoms. The second-order valence-electron chi connectivity index (χ2n) is 9.73. The van der Waals surface area contributed by atoms with Gasteiger partial charge in [-0.3, -0.25) is 0 Å². The number of carboxylic acid groups (broad SMARTS) is 4. The molecule has 0 aromatic rings. The Bertz CT molecular complexity index is 604. The molecular formula is C28H50O10Sn. The van der Waals surface area contributed by atoms with Crippen LogP contribution in [-0.4, -0.2) is 66.4 Å². The van der Waals surface area contributed by atoms with Crippen LogP contribution in [0.5, 0.6) is 0 Å². The second-order valence-corrected chi connectivity index (χ2v) is 14.0. The van der Waals surface area contributed by atoms with Crippen molar-refractivity contribution in [1.29, 1.82) is 0 Å². The van der Waals surface area contributed by atoms with Crippen LogP contribution in [0.3, 0.4) is 0 Å². The zero-order valence-electron chi connectivity index (χ0n) is 24.4. The Balaban J connectivity index is -0.000000519. The minimum absolute atomic E-state index is 0.0736. The van der Waals surface area contributed by atoms with Crippen molar-refractivity contribution in [3.63, 3.8) is 0 Å². The Kier molecular flexibility index (Phi) is 28.9. The topological polar surface area (TPSA) is 201 Å². The van der Waals surface area contributed by atoms with Gasteiger partial charge in [-0.25, -0.2) is 0 Å². The van der Waals surface area contributed by atoms with Crippen molar-refractivity contribution in [3.05, 3.63) is 0 Å². The van der Waals surface area contributed by atoms with Gasteiger partial charge >= 0.3 is 121 Å². The first-order valence-corrected chi connectivity index (χ1v) is 18.3. The minimum atomic E-state index is -2.29. The van der Waals surface area contributed by atoms with Crippen molar-refractivity contribution in [3.8, 4) is 0 Å². The fourth-order valence-corrected chi connectivity index (χ4v) is 6.91. The molecule has 0 amide bonds. The molecule has 0 saturated carbocycles. The molecule has 6 radical (unpaired) electrons. The summed E-state index contributed by atoms with van der Waals surface area (Å²) in [5, 5.41) is 58.1. The third kappa shape index (κ3) is 26.6. The van der Waals surface area contributed by atoms with Crippen molar-refractivity contribution in [2.24, 2.45) is 0 Å². The van der Waals surface area contributed by atoms with E-state index >= 15 is 0 Å². The first kappa shape index (κ1) is 42.1. The van der Waals surface area contributed by atoms with E-state index in [0.29, 0.717) is 0 Å². The van der Waals surface area contributed by atoms with E-state index in [1.54, 1.807) is 21.7 Å². The van der Waals surface area contributed by atoms with Crippen LogP contribution < -0.4 is 20.4 Å². The second kappa shape index (κ2) is 26.8. The monoisotopic (exact) mass is 666 g/mol. The normalized spacial score (nSPS) is 13.5. The number of unbranched alkanes of at least 4 members (excludes halogenated alkanes) is 10. The first-order valence-electron chi connectivity index (χ1n) is 14.2. The van der Waals surface area contributed by atoms with E-state index in [-0.39, 0.29) is 34.0 Å². The molecule has 0 spiro atoms. The van der Waals surface area contributed by atoms with Crippen LogP contribution in [0.15, 0.2) is 0 Å². The summed E-state index contributed by atoms with van der Waals surface area (Å²) in [7, 11) is 0. The van der Waals surface area contributed by atoms with Gasteiger partial charge in [-0.1, -0.05) is 13.8 Å². The fourth-order valence-electron chi connectivity index (χ4n) is 3.35. The van der Waals surface area contributed by atoms with Crippen LogP contribution in [0.2, 0.25) is 8.87 Å². The van der Waals surface area contributed by atoms with Crippen molar-refractivity contribution < 1.29 is 49.8 Å². The van der Waals surface area contributed by atoms with Gasteiger partial charge in [0.05, 0.1) is 11.9 Å². The predicted molar refractivity (Wildman–Crippen MR) is 142 cm³/mol. The van der Waals surface area contributed by atoms with Crippen molar-refractivity contribution in [1.82, 2.24) is 0 Å². The number of hydrogen-bond acceptors (Lipinski definition) is 10. The molecule has 39 heavy (non-hydrogen) atoms. The van der Waals surface area contributed by atoms with E-state index in [1.807, 2.05) is 0 Å².